The maximum Gasteiger partial charge on any atom is 0.406 e. The number of nitrogens with one attached hydrogen (secondary N) is 1. The number of methoxy groups -OCH3 is 1. The fourth-order valence-corrected chi connectivity index (χ4v) is 2.25. The number of benzene rings is 2. The van der Waals surface area contributed by atoms with E-state index in [9.17, 15) is 9.59 Å². The summed E-state index contributed by atoms with van der Waals surface area (Å²) in [5.74, 6) is -0.990. The summed E-state index contributed by atoms with van der Waals surface area (Å²) in [6.07, 6.45) is -0.951. The van der Waals surface area contributed by atoms with Crippen molar-refractivity contribution < 1.29 is 24.2 Å². The van der Waals surface area contributed by atoms with Gasteiger partial charge in [-0.15, -0.1) is 0 Å². The number of hydrogen-bond donors (Lipinski definition) is 2. The minimum atomic E-state index is -0.990. The van der Waals surface area contributed by atoms with E-state index < -0.39 is 18.2 Å². The van der Waals surface area contributed by atoms with E-state index in [1.54, 1.807) is 12.1 Å². The molecule has 140 valence electrons. The zero-order valence-electron chi connectivity index (χ0n) is 15.3. The van der Waals surface area contributed by atoms with Crippen molar-refractivity contribution in [2.24, 2.45) is 0 Å². The van der Waals surface area contributed by atoms with Crippen LogP contribution in [-0.4, -0.2) is 37.4 Å². The van der Waals surface area contributed by atoms with Gasteiger partial charge >= 0.3 is 12.1 Å². The van der Waals surface area contributed by atoms with Crippen LogP contribution in [0.3, 0.4) is 0 Å². The average Bonchev–Trinajstić information content (AvgIpc) is 2.70. The fourth-order valence-electron chi connectivity index (χ4n) is 2.25. The first-order valence-electron chi connectivity index (χ1n) is 8.43. The van der Waals surface area contributed by atoms with E-state index in [4.69, 9.17) is 9.84 Å². The molecule has 1 atom stereocenters. The summed E-state index contributed by atoms with van der Waals surface area (Å²) < 4.78 is 10.4. The Kier molecular flexibility index (Phi) is 9.49. The molecule has 0 saturated heterocycles. The molecule has 2 aromatic rings. The lowest BCUT2D eigenvalue weighted by Crippen LogP contribution is -2.27. The standard InChI is InChI=1S/C18H19NO5.C2H6/c1-23-18(22)19-10-11-24-16(13-6-3-2-4-7-13)14-8-5-9-15(12-14)17(20)21;1-2/h2-9,12,16H,10-11H2,1H3,(H,19,22)(H,20,21);1-2H3. The number of hydrogen-bond acceptors (Lipinski definition) is 4. The second-order valence-corrected chi connectivity index (χ2v) is 5.01. The van der Waals surface area contributed by atoms with Gasteiger partial charge in [-0.05, 0) is 23.3 Å². The van der Waals surface area contributed by atoms with Gasteiger partial charge < -0.3 is 19.9 Å². The molecule has 0 saturated carbocycles. The molecule has 0 aliphatic heterocycles. The number of amides is 1. The molecule has 2 N–H and O–H groups in total. The minimum absolute atomic E-state index is 0.199. The molecule has 0 heterocycles. The van der Waals surface area contributed by atoms with Crippen LogP contribution in [0.15, 0.2) is 54.6 Å². The summed E-state index contributed by atoms with van der Waals surface area (Å²) in [6, 6.07) is 16.1. The summed E-state index contributed by atoms with van der Waals surface area (Å²) in [4.78, 5) is 22.2. The van der Waals surface area contributed by atoms with Gasteiger partial charge in [0.15, 0.2) is 0 Å². The zero-order chi connectivity index (χ0) is 19.4. The zero-order valence-corrected chi connectivity index (χ0v) is 15.3. The highest BCUT2D eigenvalue weighted by Gasteiger charge is 2.16. The average molecular weight is 359 g/mol. The Balaban J connectivity index is 0.00000163. The van der Waals surface area contributed by atoms with E-state index in [1.807, 2.05) is 50.2 Å². The highest BCUT2D eigenvalue weighted by atomic mass is 16.5. The van der Waals surface area contributed by atoms with Crippen LogP contribution in [0.5, 0.6) is 0 Å². The van der Waals surface area contributed by atoms with Crippen LogP contribution in [0.1, 0.15) is 41.4 Å². The Morgan fingerprint density at radius 2 is 1.69 bits per heavy atom. The van der Waals surface area contributed by atoms with Crippen molar-refractivity contribution in [2.45, 2.75) is 20.0 Å². The van der Waals surface area contributed by atoms with Crippen molar-refractivity contribution in [3.05, 3.63) is 71.3 Å². The van der Waals surface area contributed by atoms with Gasteiger partial charge in [0, 0.05) is 6.54 Å². The fraction of sp³-hybridized carbons (Fsp3) is 0.300. The number of alkyl carbamates (subject to hydrolysis) is 1. The van der Waals surface area contributed by atoms with Crippen molar-refractivity contribution in [3.63, 3.8) is 0 Å². The monoisotopic (exact) mass is 359 g/mol. The highest BCUT2D eigenvalue weighted by Crippen LogP contribution is 2.26. The molecular weight excluding hydrogens is 334 g/mol. The molecule has 0 bridgehead atoms. The number of carbonyl (C=O) groups is 2. The lowest BCUT2D eigenvalue weighted by molar-refractivity contribution is 0.0693. The van der Waals surface area contributed by atoms with Crippen molar-refractivity contribution in [3.8, 4) is 0 Å². The number of carboxylic acid groups (broad SMARTS) is 1. The van der Waals surface area contributed by atoms with Gasteiger partial charge in [-0.25, -0.2) is 9.59 Å². The highest BCUT2D eigenvalue weighted by molar-refractivity contribution is 5.87. The van der Waals surface area contributed by atoms with Crippen LogP contribution in [0.2, 0.25) is 0 Å². The lowest BCUT2D eigenvalue weighted by Gasteiger charge is -2.19. The molecule has 2 aromatic carbocycles. The third kappa shape index (κ3) is 6.57. The largest absolute Gasteiger partial charge is 0.478 e. The molecule has 1 unspecified atom stereocenters. The summed E-state index contributed by atoms with van der Waals surface area (Å²) in [6.45, 7) is 4.54. The maximum absolute atomic E-state index is 11.2. The van der Waals surface area contributed by atoms with E-state index in [1.165, 1.54) is 13.2 Å². The molecule has 26 heavy (non-hydrogen) atoms. The Morgan fingerprint density at radius 3 is 2.31 bits per heavy atom. The number of ether oxygens (including phenoxy) is 2. The molecule has 1 amide bonds. The molecule has 6 heteroatoms. The van der Waals surface area contributed by atoms with E-state index in [0.29, 0.717) is 0 Å². The third-order valence-corrected chi connectivity index (χ3v) is 3.38. The molecule has 6 nitrogen and oxygen atoms in total. The Labute approximate surface area is 153 Å². The second kappa shape index (κ2) is 11.7. The van der Waals surface area contributed by atoms with Gasteiger partial charge in [-0.3, -0.25) is 0 Å². The lowest BCUT2D eigenvalue weighted by atomic mass is 9.99. The predicted molar refractivity (Wildman–Crippen MR) is 99.4 cm³/mol. The minimum Gasteiger partial charge on any atom is -0.478 e. The van der Waals surface area contributed by atoms with Crippen LogP contribution < -0.4 is 5.32 Å². The van der Waals surface area contributed by atoms with Crippen molar-refractivity contribution >= 4 is 12.1 Å². The van der Waals surface area contributed by atoms with Gasteiger partial charge in [0.05, 0.1) is 19.3 Å². The molecular formula is C20H25NO5. The summed E-state index contributed by atoms with van der Waals surface area (Å²) >= 11 is 0. The van der Waals surface area contributed by atoms with Gasteiger partial charge in [0.2, 0.25) is 0 Å². The second-order valence-electron chi connectivity index (χ2n) is 5.01. The SMILES string of the molecule is CC.COC(=O)NCCOC(c1ccccc1)c1cccc(C(=O)O)c1. The Hall–Kier alpha value is -2.86. The van der Waals surface area contributed by atoms with Gasteiger partial charge in [0.1, 0.15) is 6.10 Å². The van der Waals surface area contributed by atoms with Crippen molar-refractivity contribution in [1.29, 1.82) is 0 Å². The van der Waals surface area contributed by atoms with Crippen molar-refractivity contribution in [2.75, 3.05) is 20.3 Å². The first-order valence-corrected chi connectivity index (χ1v) is 8.43. The Bertz CT molecular complexity index is 688. The molecule has 0 spiro atoms. The van der Waals surface area contributed by atoms with Crippen LogP contribution in [0.4, 0.5) is 4.79 Å². The third-order valence-electron chi connectivity index (χ3n) is 3.38. The summed E-state index contributed by atoms with van der Waals surface area (Å²) in [5, 5.41) is 11.7. The van der Waals surface area contributed by atoms with Gasteiger partial charge in [0.25, 0.3) is 0 Å². The van der Waals surface area contributed by atoms with Gasteiger partial charge in [-0.2, -0.15) is 0 Å². The molecule has 0 radical (unpaired) electrons. The van der Waals surface area contributed by atoms with Crippen molar-refractivity contribution in [1.82, 2.24) is 5.32 Å². The number of carbonyl (C=O) groups excluding carboxylic acids is 1. The van der Waals surface area contributed by atoms with E-state index >= 15 is 0 Å². The first kappa shape index (κ1) is 21.2. The van der Waals surface area contributed by atoms with E-state index in [0.717, 1.165) is 11.1 Å². The van der Waals surface area contributed by atoms with Crippen LogP contribution in [-0.2, 0) is 9.47 Å². The maximum atomic E-state index is 11.2. The quantitative estimate of drug-likeness (QED) is 0.733. The molecule has 0 aromatic heterocycles. The van der Waals surface area contributed by atoms with Crippen LogP contribution in [0, 0.1) is 0 Å². The number of carboxylic acids is 1. The predicted octanol–water partition coefficient (Wildman–Crippen LogP) is 3.87. The number of aromatic carboxylic acids is 1. The Morgan fingerprint density at radius 1 is 1.04 bits per heavy atom. The molecule has 0 fully saturated rings. The molecule has 0 aliphatic carbocycles. The number of rotatable bonds is 7. The molecule has 2 rings (SSSR count). The van der Waals surface area contributed by atoms with E-state index in [-0.39, 0.29) is 18.7 Å². The van der Waals surface area contributed by atoms with Gasteiger partial charge in [-0.1, -0.05) is 56.3 Å². The van der Waals surface area contributed by atoms with E-state index in [2.05, 4.69) is 10.1 Å². The molecule has 0 aliphatic rings. The topological polar surface area (TPSA) is 84.9 Å². The van der Waals surface area contributed by atoms with Crippen LogP contribution in [0.25, 0.3) is 0 Å². The normalized spacial score (nSPS) is 10.9. The summed E-state index contributed by atoms with van der Waals surface area (Å²) in [7, 11) is 1.29. The first-order chi connectivity index (χ1) is 12.6. The van der Waals surface area contributed by atoms with Crippen LogP contribution >= 0.6 is 0 Å². The smallest absolute Gasteiger partial charge is 0.406 e. The summed E-state index contributed by atoms with van der Waals surface area (Å²) in [5.41, 5.74) is 1.84.